The van der Waals surface area contributed by atoms with Gasteiger partial charge in [-0.05, 0) is 13.0 Å². The third-order valence-electron chi connectivity index (χ3n) is 2.95. The van der Waals surface area contributed by atoms with Gasteiger partial charge < -0.3 is 19.5 Å². The van der Waals surface area contributed by atoms with Crippen molar-refractivity contribution in [1.82, 2.24) is 9.88 Å². The molecule has 2 heterocycles. The van der Waals surface area contributed by atoms with Crippen molar-refractivity contribution in [2.45, 2.75) is 13.0 Å². The molecule has 1 aliphatic rings. The summed E-state index contributed by atoms with van der Waals surface area (Å²) in [7, 11) is 0. The molecule has 0 radical (unpaired) electrons. The maximum atomic E-state index is 12.3. The monoisotopic (exact) mass is 280 g/mol. The second kappa shape index (κ2) is 6.33. The van der Waals surface area contributed by atoms with Crippen LogP contribution in [0.15, 0.2) is 18.3 Å². The molecule has 1 N–H and O–H groups in total. The molecule has 0 aromatic carbocycles. The molecule has 7 heteroatoms. The first-order chi connectivity index (χ1) is 9.63. The van der Waals surface area contributed by atoms with Crippen LogP contribution < -0.4 is 4.74 Å². The van der Waals surface area contributed by atoms with Crippen LogP contribution in [0.3, 0.4) is 0 Å². The highest BCUT2D eigenvalue weighted by Gasteiger charge is 2.33. The number of hydrogen-bond acceptors (Lipinski definition) is 5. The van der Waals surface area contributed by atoms with E-state index < -0.39 is 12.0 Å². The average molecular weight is 280 g/mol. The number of rotatable bonds is 4. The predicted octanol–water partition coefficient (Wildman–Crippen LogP) is 0.406. The molecule has 1 fully saturated rings. The Labute approximate surface area is 116 Å². The Morgan fingerprint density at radius 3 is 2.95 bits per heavy atom. The zero-order valence-corrected chi connectivity index (χ0v) is 11.1. The number of hydrogen-bond donors (Lipinski definition) is 1. The van der Waals surface area contributed by atoms with Crippen molar-refractivity contribution in [3.8, 4) is 5.88 Å². The van der Waals surface area contributed by atoms with Gasteiger partial charge in [0.2, 0.25) is 5.88 Å². The molecular formula is C13H16N2O5. The first-order valence-electron chi connectivity index (χ1n) is 6.34. The van der Waals surface area contributed by atoms with Gasteiger partial charge in [-0.25, -0.2) is 9.78 Å². The number of carbonyl (C=O) groups excluding carboxylic acids is 1. The molecule has 1 saturated heterocycles. The largest absolute Gasteiger partial charge is 0.480 e. The van der Waals surface area contributed by atoms with Crippen molar-refractivity contribution < 1.29 is 24.2 Å². The van der Waals surface area contributed by atoms with E-state index in [1.54, 1.807) is 12.1 Å². The van der Waals surface area contributed by atoms with Gasteiger partial charge in [0.05, 0.1) is 25.4 Å². The van der Waals surface area contributed by atoms with Crippen molar-refractivity contribution in [3.63, 3.8) is 0 Å². The minimum Gasteiger partial charge on any atom is -0.480 e. The quantitative estimate of drug-likeness (QED) is 0.859. The van der Waals surface area contributed by atoms with Gasteiger partial charge in [0.25, 0.3) is 5.91 Å². The van der Waals surface area contributed by atoms with E-state index in [9.17, 15) is 9.59 Å². The Morgan fingerprint density at radius 1 is 1.55 bits per heavy atom. The lowest BCUT2D eigenvalue weighted by Crippen LogP contribution is -2.52. The summed E-state index contributed by atoms with van der Waals surface area (Å²) in [5, 5.41) is 9.11. The lowest BCUT2D eigenvalue weighted by Gasteiger charge is -2.32. The minimum atomic E-state index is -1.07. The van der Waals surface area contributed by atoms with E-state index in [1.807, 2.05) is 6.92 Å². The summed E-state index contributed by atoms with van der Waals surface area (Å²) in [6.45, 7) is 2.92. The van der Waals surface area contributed by atoms with Gasteiger partial charge in [0, 0.05) is 18.8 Å². The summed E-state index contributed by atoms with van der Waals surface area (Å²) < 4.78 is 10.3. The standard InChI is InChI=1S/C13H16N2O5/c1-2-20-11-4-3-9(7-14-11)12(16)15-5-6-19-8-10(15)13(17)18/h3-4,7,10H,2,5-6,8H2,1H3,(H,17,18)/t10-/m0/s1. The Bertz CT molecular complexity index is 488. The summed E-state index contributed by atoms with van der Waals surface area (Å²) in [6.07, 6.45) is 1.39. The van der Waals surface area contributed by atoms with Gasteiger partial charge in [0.1, 0.15) is 0 Å². The normalized spacial score (nSPS) is 18.6. The number of morpholine rings is 1. The number of nitrogens with zero attached hydrogens (tertiary/aromatic N) is 2. The molecule has 1 aromatic heterocycles. The molecular weight excluding hydrogens is 264 g/mol. The number of carbonyl (C=O) groups is 2. The molecule has 0 aliphatic carbocycles. The molecule has 7 nitrogen and oxygen atoms in total. The Hall–Kier alpha value is -2.15. The van der Waals surface area contributed by atoms with Gasteiger partial charge in [-0.1, -0.05) is 0 Å². The predicted molar refractivity (Wildman–Crippen MR) is 68.7 cm³/mol. The first kappa shape index (κ1) is 14.3. The van der Waals surface area contributed by atoms with Gasteiger partial charge in [-0.3, -0.25) is 4.79 Å². The van der Waals surface area contributed by atoms with Gasteiger partial charge in [0.15, 0.2) is 6.04 Å². The fourth-order valence-electron chi connectivity index (χ4n) is 1.96. The highest BCUT2D eigenvalue weighted by Crippen LogP contribution is 2.14. The van der Waals surface area contributed by atoms with Gasteiger partial charge in [-0.15, -0.1) is 0 Å². The zero-order valence-electron chi connectivity index (χ0n) is 11.1. The number of carboxylic acid groups (broad SMARTS) is 1. The third kappa shape index (κ3) is 3.05. The number of amides is 1. The van der Waals surface area contributed by atoms with E-state index in [-0.39, 0.29) is 19.1 Å². The van der Waals surface area contributed by atoms with Crippen LogP contribution in [0, 0.1) is 0 Å². The number of ether oxygens (including phenoxy) is 2. The fourth-order valence-corrected chi connectivity index (χ4v) is 1.96. The van der Waals surface area contributed by atoms with Crippen LogP contribution in [-0.2, 0) is 9.53 Å². The maximum absolute atomic E-state index is 12.3. The molecule has 1 aromatic rings. The van der Waals surface area contributed by atoms with Crippen LogP contribution in [0.5, 0.6) is 5.88 Å². The topological polar surface area (TPSA) is 89.0 Å². The van der Waals surface area contributed by atoms with E-state index in [4.69, 9.17) is 14.6 Å². The number of pyridine rings is 1. The summed E-state index contributed by atoms with van der Waals surface area (Å²) in [4.78, 5) is 28.7. The molecule has 20 heavy (non-hydrogen) atoms. The fraction of sp³-hybridized carbons (Fsp3) is 0.462. The van der Waals surface area contributed by atoms with Crippen LogP contribution in [0.1, 0.15) is 17.3 Å². The van der Waals surface area contributed by atoms with E-state index in [2.05, 4.69) is 4.98 Å². The first-order valence-corrected chi connectivity index (χ1v) is 6.34. The van der Waals surface area contributed by atoms with Crippen LogP contribution in [0.4, 0.5) is 0 Å². The molecule has 1 atom stereocenters. The molecule has 2 rings (SSSR count). The van der Waals surface area contributed by atoms with Crippen molar-refractivity contribution in [3.05, 3.63) is 23.9 Å². The molecule has 108 valence electrons. The van der Waals surface area contributed by atoms with E-state index in [0.717, 1.165) is 0 Å². The van der Waals surface area contributed by atoms with Crippen LogP contribution in [-0.4, -0.2) is 59.3 Å². The molecule has 0 saturated carbocycles. The van der Waals surface area contributed by atoms with Crippen molar-refractivity contribution in [1.29, 1.82) is 0 Å². The highest BCUT2D eigenvalue weighted by molar-refractivity contribution is 5.96. The molecule has 0 bridgehead atoms. The number of aliphatic carboxylic acids is 1. The summed E-state index contributed by atoms with van der Waals surface area (Å²) in [5.74, 6) is -1.01. The molecule has 0 unspecified atom stereocenters. The summed E-state index contributed by atoms with van der Waals surface area (Å²) in [5.41, 5.74) is 0.335. The average Bonchev–Trinajstić information content (AvgIpc) is 2.47. The smallest absolute Gasteiger partial charge is 0.328 e. The van der Waals surface area contributed by atoms with Crippen molar-refractivity contribution in [2.24, 2.45) is 0 Å². The zero-order chi connectivity index (χ0) is 14.5. The summed E-state index contributed by atoms with van der Waals surface area (Å²) >= 11 is 0. The van der Waals surface area contributed by atoms with E-state index in [0.29, 0.717) is 24.7 Å². The third-order valence-corrected chi connectivity index (χ3v) is 2.95. The van der Waals surface area contributed by atoms with E-state index in [1.165, 1.54) is 11.1 Å². The Morgan fingerprint density at radius 2 is 2.35 bits per heavy atom. The van der Waals surface area contributed by atoms with Crippen LogP contribution in [0.25, 0.3) is 0 Å². The number of aromatic nitrogens is 1. The molecule has 1 amide bonds. The molecule has 0 spiro atoms. The SMILES string of the molecule is CCOc1ccc(C(=O)N2CCOC[C@H]2C(=O)O)cn1. The van der Waals surface area contributed by atoms with Crippen LogP contribution >= 0.6 is 0 Å². The summed E-state index contributed by atoms with van der Waals surface area (Å²) in [6, 6.07) is 2.21. The molecule has 1 aliphatic heterocycles. The van der Waals surface area contributed by atoms with E-state index >= 15 is 0 Å². The lowest BCUT2D eigenvalue weighted by atomic mass is 10.1. The Balaban J connectivity index is 2.14. The van der Waals surface area contributed by atoms with Gasteiger partial charge >= 0.3 is 5.97 Å². The lowest BCUT2D eigenvalue weighted by molar-refractivity contribution is -0.147. The number of carboxylic acids is 1. The second-order valence-electron chi connectivity index (χ2n) is 4.25. The Kier molecular flexibility index (Phi) is 4.52. The second-order valence-corrected chi connectivity index (χ2v) is 4.25. The van der Waals surface area contributed by atoms with Crippen molar-refractivity contribution in [2.75, 3.05) is 26.4 Å². The minimum absolute atomic E-state index is 0.00549. The highest BCUT2D eigenvalue weighted by atomic mass is 16.5. The van der Waals surface area contributed by atoms with Gasteiger partial charge in [-0.2, -0.15) is 0 Å². The van der Waals surface area contributed by atoms with Crippen molar-refractivity contribution >= 4 is 11.9 Å². The maximum Gasteiger partial charge on any atom is 0.328 e. The van der Waals surface area contributed by atoms with Crippen LogP contribution in [0.2, 0.25) is 0 Å².